The molecule has 1 saturated heterocycles. The summed E-state index contributed by atoms with van der Waals surface area (Å²) in [7, 11) is 1.81. The third-order valence-corrected chi connectivity index (χ3v) is 8.56. The lowest BCUT2D eigenvalue weighted by Gasteiger charge is -2.31. The third-order valence-electron chi connectivity index (χ3n) is 8.56. The minimum absolute atomic E-state index is 0.0779. The number of hydrogen-bond donors (Lipinski definition) is 1. The Balaban J connectivity index is 1.38. The fourth-order valence-electron chi connectivity index (χ4n) is 6.23. The lowest BCUT2D eigenvalue weighted by atomic mass is 9.98. The molecule has 228 valence electrons. The summed E-state index contributed by atoms with van der Waals surface area (Å²) in [6.07, 6.45) is 1.12. The van der Waals surface area contributed by atoms with Crippen molar-refractivity contribution in [3.8, 4) is 11.1 Å². The highest BCUT2D eigenvalue weighted by Gasteiger charge is 2.34. The van der Waals surface area contributed by atoms with Gasteiger partial charge >= 0.3 is 18.2 Å². The minimum atomic E-state index is -1.01. The predicted octanol–water partition coefficient (Wildman–Crippen LogP) is 6.57. The maximum Gasteiger partial charge on any atom is 0.410 e. The SMILES string of the molecule is Cc1c(C(=O)O)cc(CN(C(=O)OCC2c3ccccc3-c3ccccc32)C2CCCN(C(=O)OC(C)(C)C)CC2)n1C. The molecular formula is C34H41N3O6. The molecule has 0 bridgehead atoms. The van der Waals surface area contributed by atoms with E-state index in [4.69, 9.17) is 9.47 Å². The van der Waals surface area contributed by atoms with Gasteiger partial charge in [-0.3, -0.25) is 4.90 Å². The molecular weight excluding hydrogens is 546 g/mol. The molecule has 5 rings (SSSR count). The number of aromatic carboxylic acids is 1. The molecule has 1 aliphatic carbocycles. The molecule has 2 heterocycles. The number of benzene rings is 2. The van der Waals surface area contributed by atoms with E-state index in [-0.39, 0.29) is 36.8 Å². The molecule has 2 amide bonds. The first-order valence-corrected chi connectivity index (χ1v) is 14.9. The molecule has 0 radical (unpaired) electrons. The molecule has 0 spiro atoms. The highest BCUT2D eigenvalue weighted by molar-refractivity contribution is 5.89. The van der Waals surface area contributed by atoms with Gasteiger partial charge in [0.15, 0.2) is 0 Å². The summed E-state index contributed by atoms with van der Waals surface area (Å²) < 4.78 is 13.5. The van der Waals surface area contributed by atoms with Crippen LogP contribution in [0.15, 0.2) is 54.6 Å². The number of carboxylic acid groups (broad SMARTS) is 1. The lowest BCUT2D eigenvalue weighted by Crippen LogP contribution is -2.42. The van der Waals surface area contributed by atoms with Crippen molar-refractivity contribution in [2.45, 2.75) is 71.1 Å². The van der Waals surface area contributed by atoms with Gasteiger partial charge in [0.05, 0.1) is 12.1 Å². The topological polar surface area (TPSA) is 101 Å². The van der Waals surface area contributed by atoms with E-state index >= 15 is 0 Å². The molecule has 1 atom stereocenters. The monoisotopic (exact) mass is 587 g/mol. The van der Waals surface area contributed by atoms with Crippen LogP contribution in [0.3, 0.4) is 0 Å². The number of amides is 2. The van der Waals surface area contributed by atoms with Crippen LogP contribution in [0.5, 0.6) is 0 Å². The number of nitrogens with zero attached hydrogens (tertiary/aromatic N) is 3. The van der Waals surface area contributed by atoms with Crippen molar-refractivity contribution in [1.82, 2.24) is 14.4 Å². The van der Waals surface area contributed by atoms with Gasteiger partial charge in [-0.2, -0.15) is 0 Å². The van der Waals surface area contributed by atoms with Crippen molar-refractivity contribution in [1.29, 1.82) is 0 Å². The highest BCUT2D eigenvalue weighted by atomic mass is 16.6. The summed E-state index contributed by atoms with van der Waals surface area (Å²) in [6, 6.07) is 17.8. The first kappa shape index (κ1) is 30.2. The van der Waals surface area contributed by atoms with Crippen molar-refractivity contribution in [2.75, 3.05) is 19.7 Å². The molecule has 3 aromatic rings. The lowest BCUT2D eigenvalue weighted by molar-refractivity contribution is 0.0252. The first-order valence-electron chi connectivity index (χ1n) is 14.9. The predicted molar refractivity (Wildman–Crippen MR) is 163 cm³/mol. The second-order valence-corrected chi connectivity index (χ2v) is 12.5. The number of ether oxygens (including phenoxy) is 2. The Morgan fingerprint density at radius 1 is 0.977 bits per heavy atom. The first-order chi connectivity index (χ1) is 20.4. The number of carboxylic acids is 1. The molecule has 1 N–H and O–H groups in total. The quantitative estimate of drug-likeness (QED) is 0.350. The standard InChI is InChI=1S/C34H41N3O6/c1-22-29(31(38)39)19-24(35(22)5)20-37(23-11-10-17-36(18-16-23)32(40)43-34(2,3)4)33(41)42-21-30-27-14-8-6-12-25(27)26-13-7-9-15-28(26)30/h6-9,12-15,19,23,30H,10-11,16-18,20-21H2,1-5H3,(H,38,39). The zero-order valence-corrected chi connectivity index (χ0v) is 25.6. The molecule has 1 aliphatic heterocycles. The van der Waals surface area contributed by atoms with Crippen LogP contribution < -0.4 is 0 Å². The molecule has 9 heteroatoms. The van der Waals surface area contributed by atoms with E-state index in [2.05, 4.69) is 24.3 Å². The zero-order valence-electron chi connectivity index (χ0n) is 25.6. The van der Waals surface area contributed by atoms with Gasteiger partial charge in [0.1, 0.15) is 12.2 Å². The summed E-state index contributed by atoms with van der Waals surface area (Å²) in [5.41, 5.74) is 5.52. The van der Waals surface area contributed by atoms with E-state index in [0.29, 0.717) is 43.7 Å². The smallest absolute Gasteiger partial charge is 0.410 e. The van der Waals surface area contributed by atoms with Gasteiger partial charge in [0.2, 0.25) is 0 Å². The van der Waals surface area contributed by atoms with Gasteiger partial charge in [-0.25, -0.2) is 14.4 Å². The fourth-order valence-corrected chi connectivity index (χ4v) is 6.23. The van der Waals surface area contributed by atoms with Crippen LogP contribution in [-0.4, -0.2) is 69.0 Å². The van der Waals surface area contributed by atoms with E-state index in [9.17, 15) is 19.5 Å². The van der Waals surface area contributed by atoms with Gasteiger partial charge in [-0.05, 0) is 75.3 Å². The largest absolute Gasteiger partial charge is 0.478 e. The number of carbonyl (C=O) groups excluding carboxylic acids is 2. The highest BCUT2D eigenvalue weighted by Crippen LogP contribution is 2.44. The second-order valence-electron chi connectivity index (χ2n) is 12.5. The Bertz CT molecular complexity index is 1480. The molecule has 2 aromatic carbocycles. The number of likely N-dealkylation sites (tertiary alicyclic amines) is 1. The summed E-state index contributed by atoms with van der Waals surface area (Å²) in [6.45, 7) is 8.66. The van der Waals surface area contributed by atoms with E-state index in [1.807, 2.05) is 56.7 Å². The maximum atomic E-state index is 14.0. The Hall–Kier alpha value is -4.27. The number of rotatable bonds is 6. The van der Waals surface area contributed by atoms with E-state index < -0.39 is 17.7 Å². The van der Waals surface area contributed by atoms with Crippen molar-refractivity contribution >= 4 is 18.2 Å². The van der Waals surface area contributed by atoms with Crippen LogP contribution >= 0.6 is 0 Å². The van der Waals surface area contributed by atoms with Crippen molar-refractivity contribution in [3.63, 3.8) is 0 Å². The van der Waals surface area contributed by atoms with Crippen LogP contribution in [0, 0.1) is 6.92 Å². The Morgan fingerprint density at radius 2 is 1.60 bits per heavy atom. The molecule has 1 aromatic heterocycles. The molecule has 1 unspecified atom stereocenters. The third kappa shape index (κ3) is 6.40. The van der Waals surface area contributed by atoms with Crippen LogP contribution in [0.2, 0.25) is 0 Å². The van der Waals surface area contributed by atoms with Crippen LogP contribution in [0.25, 0.3) is 11.1 Å². The average Bonchev–Trinajstić information content (AvgIpc) is 3.29. The molecule has 1 fully saturated rings. The maximum absolute atomic E-state index is 14.0. The van der Waals surface area contributed by atoms with E-state index in [0.717, 1.165) is 22.3 Å². The van der Waals surface area contributed by atoms with Gasteiger partial charge in [0.25, 0.3) is 0 Å². The Labute approximate surface area is 253 Å². The number of carbonyl (C=O) groups is 3. The summed E-state index contributed by atoms with van der Waals surface area (Å²) in [4.78, 5) is 42.0. The Kier molecular flexibility index (Phi) is 8.53. The zero-order chi connectivity index (χ0) is 30.9. The van der Waals surface area contributed by atoms with Crippen LogP contribution in [0.4, 0.5) is 9.59 Å². The number of fused-ring (bicyclic) bond motifs is 3. The summed E-state index contributed by atoms with van der Waals surface area (Å²) in [5, 5.41) is 9.69. The van der Waals surface area contributed by atoms with Crippen LogP contribution in [-0.2, 0) is 23.1 Å². The van der Waals surface area contributed by atoms with E-state index in [1.165, 1.54) is 0 Å². The number of hydrogen-bond acceptors (Lipinski definition) is 5. The minimum Gasteiger partial charge on any atom is -0.478 e. The number of aromatic nitrogens is 1. The molecule has 0 saturated carbocycles. The van der Waals surface area contributed by atoms with Gasteiger partial charge in [0, 0.05) is 43.5 Å². The summed E-state index contributed by atoms with van der Waals surface area (Å²) >= 11 is 0. The van der Waals surface area contributed by atoms with Crippen molar-refractivity contribution in [3.05, 3.63) is 82.7 Å². The van der Waals surface area contributed by atoms with E-state index in [1.54, 1.807) is 22.8 Å². The van der Waals surface area contributed by atoms with Gasteiger partial charge in [-0.1, -0.05) is 48.5 Å². The Morgan fingerprint density at radius 3 is 2.19 bits per heavy atom. The van der Waals surface area contributed by atoms with Crippen molar-refractivity contribution in [2.24, 2.45) is 7.05 Å². The van der Waals surface area contributed by atoms with Crippen molar-refractivity contribution < 1.29 is 29.0 Å². The van der Waals surface area contributed by atoms with Gasteiger partial charge < -0.3 is 24.0 Å². The van der Waals surface area contributed by atoms with Crippen LogP contribution in [0.1, 0.15) is 78.8 Å². The fraction of sp³-hybridized carbons (Fsp3) is 0.441. The van der Waals surface area contributed by atoms with Gasteiger partial charge in [-0.15, -0.1) is 0 Å². The normalized spacial score (nSPS) is 16.7. The molecule has 43 heavy (non-hydrogen) atoms. The average molecular weight is 588 g/mol. The second kappa shape index (κ2) is 12.1. The molecule has 9 nitrogen and oxygen atoms in total. The summed E-state index contributed by atoms with van der Waals surface area (Å²) in [5.74, 6) is -1.08. The molecule has 2 aliphatic rings.